The topological polar surface area (TPSA) is 95.8 Å². The first-order valence-corrected chi connectivity index (χ1v) is 7.70. The van der Waals surface area contributed by atoms with E-state index in [1.807, 2.05) is 18.3 Å². The average Bonchev–Trinajstić information content (AvgIpc) is 3.25. The maximum absolute atomic E-state index is 12.6. The molecule has 0 unspecified atom stereocenters. The van der Waals surface area contributed by atoms with Crippen molar-refractivity contribution in [3.8, 4) is 0 Å². The van der Waals surface area contributed by atoms with Gasteiger partial charge in [0.25, 0.3) is 5.91 Å². The Kier molecular flexibility index (Phi) is 3.55. The Balaban J connectivity index is 1.60. The number of rotatable bonds is 3. The summed E-state index contributed by atoms with van der Waals surface area (Å²) in [5.74, 6) is 1.11. The van der Waals surface area contributed by atoms with Crippen molar-refractivity contribution >= 4 is 22.6 Å². The van der Waals surface area contributed by atoms with Crippen LogP contribution in [0.3, 0.4) is 0 Å². The van der Waals surface area contributed by atoms with Crippen LogP contribution in [0.25, 0.3) is 10.9 Å². The summed E-state index contributed by atoms with van der Waals surface area (Å²) in [6.07, 6.45) is 6.72. The van der Waals surface area contributed by atoms with Crippen LogP contribution in [0, 0.1) is 0 Å². The quantitative estimate of drug-likeness (QED) is 0.689. The number of nitrogens with one attached hydrogen (secondary N) is 3. The lowest BCUT2D eigenvalue weighted by atomic mass is 9.94. The molecule has 0 atom stereocenters. The van der Waals surface area contributed by atoms with Crippen LogP contribution in [0.4, 0.5) is 5.82 Å². The number of aromatic nitrogens is 3. The maximum atomic E-state index is 12.6. The summed E-state index contributed by atoms with van der Waals surface area (Å²) < 4.78 is 5.51. The fourth-order valence-electron chi connectivity index (χ4n) is 3.04. The zero-order chi connectivity index (χ0) is 15.6. The highest BCUT2D eigenvalue weighted by molar-refractivity contribution is 6.06. The molecule has 23 heavy (non-hydrogen) atoms. The van der Waals surface area contributed by atoms with Crippen molar-refractivity contribution in [3.63, 3.8) is 0 Å². The van der Waals surface area contributed by atoms with Gasteiger partial charge in [0.1, 0.15) is 5.76 Å². The number of carbonyl (C=O) groups is 1. The van der Waals surface area contributed by atoms with Gasteiger partial charge in [0.2, 0.25) is 0 Å². The summed E-state index contributed by atoms with van der Waals surface area (Å²) in [6.45, 7) is 1.85. The molecule has 7 nitrogen and oxygen atoms in total. The first-order chi connectivity index (χ1) is 11.3. The Bertz CT molecular complexity index is 832. The molecule has 3 N–H and O–H groups in total. The van der Waals surface area contributed by atoms with E-state index >= 15 is 0 Å². The molecule has 0 radical (unpaired) electrons. The standard InChI is InChI=1S/C16H17N5O2/c22-16(21-15-12-10(3-7-18-12)4-8-19-15)13-14(23-9-20-13)11-1-5-17-6-2-11/h3-4,7-9,11,17-18H,1-2,5-6H2,(H,19,21,22). The van der Waals surface area contributed by atoms with Gasteiger partial charge in [-0.1, -0.05) is 0 Å². The number of oxazole rings is 1. The van der Waals surface area contributed by atoms with E-state index in [4.69, 9.17) is 4.42 Å². The molecule has 118 valence electrons. The van der Waals surface area contributed by atoms with Crippen LogP contribution in [-0.2, 0) is 0 Å². The molecule has 0 bridgehead atoms. The molecule has 1 amide bonds. The minimum Gasteiger partial charge on any atom is -0.447 e. The van der Waals surface area contributed by atoms with Crippen LogP contribution < -0.4 is 10.6 Å². The Morgan fingerprint density at radius 2 is 2.13 bits per heavy atom. The van der Waals surface area contributed by atoms with E-state index in [-0.39, 0.29) is 11.8 Å². The Hall–Kier alpha value is -2.67. The number of hydrogen-bond donors (Lipinski definition) is 3. The van der Waals surface area contributed by atoms with Crippen LogP contribution in [-0.4, -0.2) is 33.9 Å². The molecule has 0 aromatic carbocycles. The lowest BCUT2D eigenvalue weighted by Gasteiger charge is -2.20. The number of nitrogens with zero attached hydrogens (tertiary/aromatic N) is 2. The first kappa shape index (κ1) is 14.0. The number of pyridine rings is 1. The van der Waals surface area contributed by atoms with Crippen molar-refractivity contribution < 1.29 is 9.21 Å². The molecule has 0 spiro atoms. The molecule has 7 heteroatoms. The zero-order valence-electron chi connectivity index (χ0n) is 12.5. The number of anilines is 1. The minimum absolute atomic E-state index is 0.230. The van der Waals surface area contributed by atoms with Crippen LogP contribution in [0.15, 0.2) is 35.3 Å². The molecule has 0 saturated carbocycles. The minimum atomic E-state index is -0.290. The van der Waals surface area contributed by atoms with E-state index < -0.39 is 0 Å². The normalized spacial score (nSPS) is 15.8. The van der Waals surface area contributed by atoms with Gasteiger partial charge in [-0.15, -0.1) is 0 Å². The second-order valence-corrected chi connectivity index (χ2v) is 5.65. The molecule has 4 rings (SSSR count). The van der Waals surface area contributed by atoms with Gasteiger partial charge in [0.15, 0.2) is 17.9 Å². The maximum Gasteiger partial charge on any atom is 0.279 e. The van der Waals surface area contributed by atoms with Crippen LogP contribution in [0.2, 0.25) is 0 Å². The van der Waals surface area contributed by atoms with Crippen molar-refractivity contribution in [3.05, 3.63) is 42.4 Å². The molecule has 1 aliphatic heterocycles. The van der Waals surface area contributed by atoms with E-state index in [0.29, 0.717) is 17.3 Å². The van der Waals surface area contributed by atoms with Crippen molar-refractivity contribution in [2.24, 2.45) is 0 Å². The van der Waals surface area contributed by atoms with Crippen LogP contribution >= 0.6 is 0 Å². The lowest BCUT2D eigenvalue weighted by Crippen LogP contribution is -2.27. The van der Waals surface area contributed by atoms with Gasteiger partial charge in [0, 0.05) is 23.7 Å². The summed E-state index contributed by atoms with van der Waals surface area (Å²) in [4.78, 5) is 24.0. The number of aromatic amines is 1. The van der Waals surface area contributed by atoms with E-state index in [0.717, 1.165) is 36.8 Å². The molecular formula is C16H17N5O2. The highest BCUT2D eigenvalue weighted by atomic mass is 16.3. The lowest BCUT2D eigenvalue weighted by molar-refractivity contribution is 0.101. The first-order valence-electron chi connectivity index (χ1n) is 7.70. The fraction of sp³-hybridized carbons (Fsp3) is 0.312. The van der Waals surface area contributed by atoms with Gasteiger partial charge in [-0.25, -0.2) is 9.97 Å². The summed E-state index contributed by atoms with van der Waals surface area (Å²) in [6, 6.07) is 3.82. The predicted octanol–water partition coefficient (Wildman–Crippen LogP) is 2.27. The monoisotopic (exact) mass is 311 g/mol. The summed E-state index contributed by atoms with van der Waals surface area (Å²) in [5.41, 5.74) is 1.15. The second-order valence-electron chi connectivity index (χ2n) is 5.65. The number of H-pyrrole nitrogens is 1. The molecule has 3 aromatic heterocycles. The fourth-order valence-corrected chi connectivity index (χ4v) is 3.04. The van der Waals surface area contributed by atoms with Gasteiger partial charge in [-0.05, 0) is 38.1 Å². The van der Waals surface area contributed by atoms with Crippen molar-refractivity contribution in [2.45, 2.75) is 18.8 Å². The molecule has 1 saturated heterocycles. The highest BCUT2D eigenvalue weighted by Crippen LogP contribution is 2.28. The van der Waals surface area contributed by atoms with Gasteiger partial charge < -0.3 is 20.0 Å². The molecule has 1 fully saturated rings. The Morgan fingerprint density at radius 1 is 1.26 bits per heavy atom. The highest BCUT2D eigenvalue weighted by Gasteiger charge is 2.26. The summed E-state index contributed by atoms with van der Waals surface area (Å²) in [7, 11) is 0. The van der Waals surface area contributed by atoms with Crippen LogP contribution in [0.5, 0.6) is 0 Å². The third kappa shape index (κ3) is 2.59. The van der Waals surface area contributed by atoms with E-state index in [1.54, 1.807) is 6.20 Å². The molecule has 1 aliphatic rings. The molecule has 4 heterocycles. The Morgan fingerprint density at radius 3 is 3.00 bits per heavy atom. The van der Waals surface area contributed by atoms with E-state index in [1.165, 1.54) is 6.39 Å². The van der Waals surface area contributed by atoms with E-state index in [2.05, 4.69) is 25.6 Å². The van der Waals surface area contributed by atoms with E-state index in [9.17, 15) is 4.79 Å². The van der Waals surface area contributed by atoms with Crippen LogP contribution in [0.1, 0.15) is 35.0 Å². The van der Waals surface area contributed by atoms with Gasteiger partial charge in [-0.2, -0.15) is 0 Å². The van der Waals surface area contributed by atoms with Gasteiger partial charge >= 0.3 is 0 Å². The second kappa shape index (κ2) is 5.85. The van der Waals surface area contributed by atoms with Gasteiger partial charge in [0.05, 0.1) is 5.52 Å². The number of hydrogen-bond acceptors (Lipinski definition) is 5. The largest absolute Gasteiger partial charge is 0.447 e. The molecule has 3 aromatic rings. The van der Waals surface area contributed by atoms with Gasteiger partial charge in [-0.3, -0.25) is 4.79 Å². The summed E-state index contributed by atoms with van der Waals surface area (Å²) >= 11 is 0. The average molecular weight is 311 g/mol. The number of carbonyl (C=O) groups excluding carboxylic acids is 1. The third-order valence-electron chi connectivity index (χ3n) is 4.23. The third-order valence-corrected chi connectivity index (χ3v) is 4.23. The van der Waals surface area contributed by atoms with Crippen molar-refractivity contribution in [1.82, 2.24) is 20.3 Å². The smallest absolute Gasteiger partial charge is 0.279 e. The number of fused-ring (bicyclic) bond motifs is 1. The molecule has 0 aliphatic carbocycles. The SMILES string of the molecule is O=C(Nc1nccc2cc[nH]c12)c1ncoc1C1CCNCC1. The Labute approximate surface area is 132 Å². The number of amides is 1. The predicted molar refractivity (Wildman–Crippen MR) is 85.4 cm³/mol. The summed E-state index contributed by atoms with van der Waals surface area (Å²) in [5, 5.41) is 7.13. The van der Waals surface area contributed by atoms with Crippen molar-refractivity contribution in [1.29, 1.82) is 0 Å². The zero-order valence-corrected chi connectivity index (χ0v) is 12.5. The van der Waals surface area contributed by atoms with Crippen molar-refractivity contribution in [2.75, 3.05) is 18.4 Å². The molecular weight excluding hydrogens is 294 g/mol. The number of piperidine rings is 1.